The number of anilines is 2. The van der Waals surface area contributed by atoms with Crippen molar-refractivity contribution < 1.29 is 4.39 Å². The molecule has 0 saturated heterocycles. The lowest BCUT2D eigenvalue weighted by Crippen LogP contribution is -2.10. The average Bonchev–Trinajstić information content (AvgIpc) is 2.79. The number of nitrogens with one attached hydrogen (secondary N) is 1. The van der Waals surface area contributed by atoms with E-state index in [1.165, 1.54) is 23.3 Å². The van der Waals surface area contributed by atoms with Crippen molar-refractivity contribution in [1.29, 1.82) is 0 Å². The second kappa shape index (κ2) is 9.51. The van der Waals surface area contributed by atoms with E-state index in [9.17, 15) is 4.39 Å². The number of rotatable bonds is 4. The monoisotopic (exact) mass is 485 g/mol. The van der Waals surface area contributed by atoms with Gasteiger partial charge < -0.3 is 5.32 Å². The van der Waals surface area contributed by atoms with Crippen LogP contribution in [-0.4, -0.2) is 0 Å². The normalized spacial score (nSPS) is 12.0. The molecule has 4 aromatic rings. The minimum absolute atomic E-state index is 0.0649. The highest BCUT2D eigenvalue weighted by Gasteiger charge is 2.18. The zero-order valence-corrected chi connectivity index (χ0v) is 22.1. The molecule has 1 N–H and O–H groups in total. The van der Waals surface area contributed by atoms with Gasteiger partial charge in [0.1, 0.15) is 5.82 Å². The molecule has 35 heavy (non-hydrogen) atoms. The van der Waals surface area contributed by atoms with Crippen molar-refractivity contribution in [2.75, 3.05) is 5.32 Å². The Hall–Kier alpha value is -3.10. The van der Waals surface area contributed by atoms with E-state index >= 15 is 0 Å². The number of hydrogen-bond donors (Lipinski definition) is 1. The van der Waals surface area contributed by atoms with Crippen LogP contribution < -0.4 is 5.32 Å². The maximum absolute atomic E-state index is 14.0. The van der Waals surface area contributed by atoms with Crippen molar-refractivity contribution in [2.45, 2.75) is 52.4 Å². The van der Waals surface area contributed by atoms with Gasteiger partial charge in [-0.3, -0.25) is 0 Å². The van der Waals surface area contributed by atoms with Crippen LogP contribution in [0, 0.1) is 5.82 Å². The Labute approximate surface area is 214 Å². The van der Waals surface area contributed by atoms with Crippen LogP contribution in [-0.2, 0) is 10.8 Å². The van der Waals surface area contributed by atoms with Crippen LogP contribution in [0.3, 0.4) is 0 Å². The van der Waals surface area contributed by atoms with Gasteiger partial charge in [0.25, 0.3) is 0 Å². The van der Waals surface area contributed by atoms with Crippen LogP contribution in [0.1, 0.15) is 52.7 Å². The van der Waals surface area contributed by atoms with Gasteiger partial charge >= 0.3 is 0 Å². The van der Waals surface area contributed by atoms with E-state index in [1.807, 2.05) is 18.2 Å². The Morgan fingerprint density at radius 3 is 1.49 bits per heavy atom. The molecule has 0 heterocycles. The molecule has 1 nitrogen and oxygen atoms in total. The number of halogens is 2. The van der Waals surface area contributed by atoms with Gasteiger partial charge in [-0.2, -0.15) is 0 Å². The van der Waals surface area contributed by atoms with E-state index in [4.69, 9.17) is 11.6 Å². The summed E-state index contributed by atoms with van der Waals surface area (Å²) in [5.41, 5.74) is 8.28. The molecule has 0 spiro atoms. The highest BCUT2D eigenvalue weighted by atomic mass is 35.5. The third kappa shape index (κ3) is 5.77. The van der Waals surface area contributed by atoms with Crippen molar-refractivity contribution in [1.82, 2.24) is 0 Å². The van der Waals surface area contributed by atoms with Crippen LogP contribution >= 0.6 is 11.6 Å². The van der Waals surface area contributed by atoms with Gasteiger partial charge in [0, 0.05) is 21.8 Å². The fourth-order valence-electron chi connectivity index (χ4n) is 4.21. The SMILES string of the molecule is CC(C)(C)c1ccc(-c2cc(Cl)cc(-c3ccc(C(C)(C)C)cc3)c2Nc2cccc(F)c2)cc1. The van der Waals surface area contributed by atoms with Crippen molar-refractivity contribution in [3.8, 4) is 22.3 Å². The molecule has 4 rings (SSSR count). The van der Waals surface area contributed by atoms with Crippen molar-refractivity contribution in [3.05, 3.63) is 107 Å². The predicted molar refractivity (Wildman–Crippen MR) is 149 cm³/mol. The largest absolute Gasteiger partial charge is 0.354 e. The molecule has 0 unspecified atom stereocenters. The lowest BCUT2D eigenvalue weighted by Gasteiger charge is -2.22. The fourth-order valence-corrected chi connectivity index (χ4v) is 4.43. The fraction of sp³-hybridized carbons (Fsp3) is 0.250. The van der Waals surface area contributed by atoms with Crippen molar-refractivity contribution >= 4 is 23.0 Å². The lowest BCUT2D eigenvalue weighted by atomic mass is 9.85. The smallest absolute Gasteiger partial charge is 0.125 e. The molecule has 0 aromatic heterocycles. The van der Waals surface area contributed by atoms with Gasteiger partial charge in [-0.1, -0.05) is 108 Å². The molecular weight excluding hydrogens is 453 g/mol. The topological polar surface area (TPSA) is 12.0 Å². The Bertz CT molecular complexity index is 1250. The summed E-state index contributed by atoms with van der Waals surface area (Å²) in [5.74, 6) is -0.281. The molecule has 180 valence electrons. The molecular formula is C32H33ClFN. The first kappa shape index (κ1) is 25.0. The van der Waals surface area contributed by atoms with Crippen LogP contribution in [0.4, 0.5) is 15.8 Å². The lowest BCUT2D eigenvalue weighted by molar-refractivity contribution is 0.590. The van der Waals surface area contributed by atoms with Crippen molar-refractivity contribution in [2.24, 2.45) is 0 Å². The molecule has 0 fully saturated rings. The average molecular weight is 486 g/mol. The summed E-state index contributed by atoms with van der Waals surface area (Å²) < 4.78 is 14.0. The summed E-state index contributed by atoms with van der Waals surface area (Å²) >= 11 is 6.67. The van der Waals surface area contributed by atoms with Crippen LogP contribution in [0.25, 0.3) is 22.3 Å². The molecule has 0 saturated carbocycles. The quantitative estimate of drug-likeness (QED) is 0.303. The van der Waals surface area contributed by atoms with Crippen LogP contribution in [0.5, 0.6) is 0 Å². The zero-order valence-electron chi connectivity index (χ0n) is 21.3. The zero-order chi connectivity index (χ0) is 25.4. The predicted octanol–water partition coefficient (Wildman–Crippen LogP) is 10.2. The summed E-state index contributed by atoms with van der Waals surface area (Å²) in [6.45, 7) is 13.2. The first-order chi connectivity index (χ1) is 16.4. The summed E-state index contributed by atoms with van der Waals surface area (Å²) in [7, 11) is 0. The molecule has 0 aliphatic heterocycles. The molecule has 0 bridgehead atoms. The molecule has 4 aromatic carbocycles. The van der Waals surface area contributed by atoms with Gasteiger partial charge in [0.05, 0.1) is 5.69 Å². The third-order valence-electron chi connectivity index (χ3n) is 6.32. The molecule has 0 atom stereocenters. The Morgan fingerprint density at radius 2 is 1.09 bits per heavy atom. The highest BCUT2D eigenvalue weighted by molar-refractivity contribution is 6.31. The number of benzene rings is 4. The van der Waals surface area contributed by atoms with Crippen LogP contribution in [0.15, 0.2) is 84.9 Å². The Kier molecular flexibility index (Phi) is 6.79. The summed E-state index contributed by atoms with van der Waals surface area (Å²) in [6.07, 6.45) is 0. The Balaban J connectivity index is 1.89. The summed E-state index contributed by atoms with van der Waals surface area (Å²) in [6, 6.07) is 27.7. The molecule has 0 aliphatic carbocycles. The van der Waals surface area contributed by atoms with Gasteiger partial charge in [-0.25, -0.2) is 4.39 Å². The van der Waals surface area contributed by atoms with E-state index in [0.29, 0.717) is 10.7 Å². The van der Waals surface area contributed by atoms with Crippen LogP contribution in [0.2, 0.25) is 5.02 Å². The van der Waals surface area contributed by atoms with Gasteiger partial charge in [0.15, 0.2) is 0 Å². The highest BCUT2D eigenvalue weighted by Crippen LogP contribution is 2.42. The Morgan fingerprint density at radius 1 is 0.629 bits per heavy atom. The van der Waals surface area contributed by atoms with E-state index in [2.05, 4.69) is 95.4 Å². The first-order valence-electron chi connectivity index (χ1n) is 12.0. The molecule has 0 radical (unpaired) electrons. The standard InChI is InChI=1S/C32H33ClFN/c1-31(2,3)23-14-10-21(11-15-23)28-18-25(33)19-29(22-12-16-24(17-13-22)32(4,5)6)30(28)35-27-9-7-8-26(34)20-27/h7-20,35H,1-6H3. The van der Waals surface area contributed by atoms with E-state index in [-0.39, 0.29) is 16.6 Å². The van der Waals surface area contributed by atoms with E-state index in [0.717, 1.165) is 27.9 Å². The van der Waals surface area contributed by atoms with E-state index < -0.39 is 0 Å². The van der Waals surface area contributed by atoms with Gasteiger partial charge in [-0.15, -0.1) is 0 Å². The second-order valence-corrected chi connectivity index (χ2v) is 11.6. The van der Waals surface area contributed by atoms with E-state index in [1.54, 1.807) is 6.07 Å². The van der Waals surface area contributed by atoms with Gasteiger partial charge in [-0.05, 0) is 63.4 Å². The molecule has 0 aliphatic rings. The first-order valence-corrected chi connectivity index (χ1v) is 12.4. The molecule has 0 amide bonds. The maximum Gasteiger partial charge on any atom is 0.125 e. The minimum Gasteiger partial charge on any atom is -0.354 e. The second-order valence-electron chi connectivity index (χ2n) is 11.2. The number of hydrogen-bond acceptors (Lipinski definition) is 1. The maximum atomic E-state index is 14.0. The summed E-state index contributed by atoms with van der Waals surface area (Å²) in [5, 5.41) is 4.15. The van der Waals surface area contributed by atoms with Gasteiger partial charge in [0.2, 0.25) is 0 Å². The minimum atomic E-state index is -0.281. The molecule has 3 heteroatoms. The third-order valence-corrected chi connectivity index (χ3v) is 6.54. The summed E-state index contributed by atoms with van der Waals surface area (Å²) in [4.78, 5) is 0. The van der Waals surface area contributed by atoms with Crippen molar-refractivity contribution in [3.63, 3.8) is 0 Å².